The zero-order valence-corrected chi connectivity index (χ0v) is 10.6. The SMILES string of the molecule is CCNc1ncc(C)c(NC(C)C(=O)OC)n1. The number of methoxy groups -OCH3 is 1. The number of nitrogens with one attached hydrogen (secondary N) is 2. The minimum atomic E-state index is -0.442. The molecule has 6 nitrogen and oxygen atoms in total. The third kappa shape index (κ3) is 3.58. The van der Waals surface area contributed by atoms with Gasteiger partial charge in [0.1, 0.15) is 11.9 Å². The van der Waals surface area contributed by atoms with Crippen molar-refractivity contribution in [1.82, 2.24) is 9.97 Å². The monoisotopic (exact) mass is 238 g/mol. The Hall–Kier alpha value is -1.85. The molecule has 0 aliphatic heterocycles. The lowest BCUT2D eigenvalue weighted by atomic mass is 10.3. The first kappa shape index (κ1) is 13.2. The first-order valence-corrected chi connectivity index (χ1v) is 5.50. The molecule has 0 aromatic carbocycles. The normalized spacial score (nSPS) is 11.8. The molecule has 1 atom stereocenters. The largest absolute Gasteiger partial charge is 0.467 e. The molecular formula is C11H18N4O2. The van der Waals surface area contributed by atoms with Crippen LogP contribution in [-0.2, 0) is 9.53 Å². The predicted octanol–water partition coefficient (Wildman–Crippen LogP) is 1.19. The van der Waals surface area contributed by atoms with Gasteiger partial charge in [0.15, 0.2) is 0 Å². The smallest absolute Gasteiger partial charge is 0.328 e. The van der Waals surface area contributed by atoms with Gasteiger partial charge in [-0.2, -0.15) is 4.98 Å². The van der Waals surface area contributed by atoms with Gasteiger partial charge >= 0.3 is 5.97 Å². The van der Waals surface area contributed by atoms with E-state index in [0.717, 1.165) is 12.1 Å². The molecule has 1 unspecified atom stereocenters. The van der Waals surface area contributed by atoms with E-state index in [1.54, 1.807) is 13.1 Å². The Morgan fingerprint density at radius 3 is 2.88 bits per heavy atom. The fraction of sp³-hybridized carbons (Fsp3) is 0.545. The number of anilines is 2. The molecule has 0 spiro atoms. The molecule has 0 aliphatic carbocycles. The first-order chi connectivity index (χ1) is 8.08. The summed E-state index contributed by atoms with van der Waals surface area (Å²) in [4.78, 5) is 19.7. The van der Waals surface area contributed by atoms with Crippen molar-refractivity contribution in [2.24, 2.45) is 0 Å². The van der Waals surface area contributed by atoms with Crippen LogP contribution in [0.4, 0.5) is 11.8 Å². The lowest BCUT2D eigenvalue weighted by molar-refractivity contribution is -0.141. The fourth-order valence-corrected chi connectivity index (χ4v) is 1.27. The van der Waals surface area contributed by atoms with Crippen molar-refractivity contribution in [1.29, 1.82) is 0 Å². The molecule has 1 heterocycles. The summed E-state index contributed by atoms with van der Waals surface area (Å²) in [6.45, 7) is 6.31. The van der Waals surface area contributed by atoms with E-state index in [9.17, 15) is 4.79 Å². The summed E-state index contributed by atoms with van der Waals surface area (Å²) < 4.78 is 4.64. The van der Waals surface area contributed by atoms with Crippen molar-refractivity contribution in [2.45, 2.75) is 26.8 Å². The van der Waals surface area contributed by atoms with Crippen LogP contribution >= 0.6 is 0 Å². The topological polar surface area (TPSA) is 76.1 Å². The van der Waals surface area contributed by atoms with Gasteiger partial charge in [-0.25, -0.2) is 9.78 Å². The Morgan fingerprint density at radius 1 is 1.59 bits per heavy atom. The van der Waals surface area contributed by atoms with E-state index >= 15 is 0 Å². The molecule has 1 aromatic heterocycles. The van der Waals surface area contributed by atoms with Crippen molar-refractivity contribution in [3.63, 3.8) is 0 Å². The van der Waals surface area contributed by atoms with E-state index in [1.165, 1.54) is 7.11 Å². The molecule has 1 rings (SSSR count). The predicted molar refractivity (Wildman–Crippen MR) is 66.0 cm³/mol. The number of rotatable bonds is 5. The number of carbonyl (C=O) groups excluding carboxylic acids is 1. The molecule has 17 heavy (non-hydrogen) atoms. The van der Waals surface area contributed by atoms with Crippen LogP contribution in [0.3, 0.4) is 0 Å². The van der Waals surface area contributed by atoms with Crippen LogP contribution in [0.2, 0.25) is 0 Å². The molecule has 0 bridgehead atoms. The standard InChI is InChI=1S/C11H18N4O2/c1-5-12-11-13-6-7(2)9(15-11)14-8(3)10(16)17-4/h6,8H,5H2,1-4H3,(H2,12,13,14,15). The lowest BCUT2D eigenvalue weighted by Crippen LogP contribution is -2.28. The minimum Gasteiger partial charge on any atom is -0.467 e. The number of nitrogens with zero attached hydrogens (tertiary/aromatic N) is 2. The van der Waals surface area contributed by atoms with Gasteiger partial charge in [-0.3, -0.25) is 0 Å². The molecule has 0 saturated heterocycles. The number of carbonyl (C=O) groups is 1. The second-order valence-corrected chi connectivity index (χ2v) is 3.64. The molecular weight excluding hydrogens is 220 g/mol. The maximum Gasteiger partial charge on any atom is 0.328 e. The van der Waals surface area contributed by atoms with Crippen molar-refractivity contribution in [3.8, 4) is 0 Å². The maximum atomic E-state index is 11.3. The van der Waals surface area contributed by atoms with Gasteiger partial charge in [0.25, 0.3) is 0 Å². The van der Waals surface area contributed by atoms with Crippen molar-refractivity contribution >= 4 is 17.7 Å². The Bertz CT molecular complexity index is 395. The number of ether oxygens (including phenoxy) is 1. The molecule has 0 aliphatic rings. The second kappa shape index (κ2) is 6.03. The summed E-state index contributed by atoms with van der Waals surface area (Å²) >= 11 is 0. The van der Waals surface area contributed by atoms with E-state index in [-0.39, 0.29) is 5.97 Å². The van der Waals surface area contributed by atoms with Gasteiger partial charge in [0.05, 0.1) is 7.11 Å². The van der Waals surface area contributed by atoms with Gasteiger partial charge < -0.3 is 15.4 Å². The zero-order valence-electron chi connectivity index (χ0n) is 10.6. The third-order valence-corrected chi connectivity index (χ3v) is 2.21. The van der Waals surface area contributed by atoms with Crippen molar-refractivity contribution in [2.75, 3.05) is 24.3 Å². The summed E-state index contributed by atoms with van der Waals surface area (Å²) in [5, 5.41) is 6.01. The van der Waals surface area contributed by atoms with Crippen LogP contribution in [-0.4, -0.2) is 35.6 Å². The van der Waals surface area contributed by atoms with Crippen LogP contribution < -0.4 is 10.6 Å². The van der Waals surface area contributed by atoms with Crippen molar-refractivity contribution in [3.05, 3.63) is 11.8 Å². The third-order valence-electron chi connectivity index (χ3n) is 2.21. The van der Waals surface area contributed by atoms with Gasteiger partial charge in [-0.15, -0.1) is 0 Å². The number of aromatic nitrogens is 2. The van der Waals surface area contributed by atoms with Crippen LogP contribution in [0.15, 0.2) is 6.20 Å². The molecule has 2 N–H and O–H groups in total. The molecule has 94 valence electrons. The van der Waals surface area contributed by atoms with Gasteiger partial charge in [-0.05, 0) is 20.8 Å². The summed E-state index contributed by atoms with van der Waals surface area (Å²) in [6.07, 6.45) is 1.71. The average molecular weight is 238 g/mol. The van der Waals surface area contributed by atoms with Crippen LogP contribution in [0.5, 0.6) is 0 Å². The number of hydrogen-bond donors (Lipinski definition) is 2. The molecule has 6 heteroatoms. The summed E-state index contributed by atoms with van der Waals surface area (Å²) in [6, 6.07) is -0.442. The van der Waals surface area contributed by atoms with E-state index < -0.39 is 6.04 Å². The average Bonchev–Trinajstić information content (AvgIpc) is 2.32. The Labute approximate surface area is 101 Å². The summed E-state index contributed by atoms with van der Waals surface area (Å²) in [7, 11) is 1.36. The van der Waals surface area contributed by atoms with Gasteiger partial charge in [0, 0.05) is 18.3 Å². The van der Waals surface area contributed by atoms with E-state index in [1.807, 2.05) is 13.8 Å². The molecule has 1 aromatic rings. The zero-order chi connectivity index (χ0) is 12.8. The van der Waals surface area contributed by atoms with E-state index in [4.69, 9.17) is 0 Å². The number of aryl methyl sites for hydroxylation is 1. The van der Waals surface area contributed by atoms with Gasteiger partial charge in [0.2, 0.25) is 5.95 Å². The van der Waals surface area contributed by atoms with Crippen LogP contribution in [0.1, 0.15) is 19.4 Å². The van der Waals surface area contributed by atoms with E-state index in [2.05, 4.69) is 25.3 Å². The summed E-state index contributed by atoms with van der Waals surface area (Å²) in [5.74, 6) is 0.847. The number of hydrogen-bond acceptors (Lipinski definition) is 6. The first-order valence-electron chi connectivity index (χ1n) is 5.50. The van der Waals surface area contributed by atoms with Crippen LogP contribution in [0.25, 0.3) is 0 Å². The highest BCUT2D eigenvalue weighted by Crippen LogP contribution is 2.13. The Balaban J connectivity index is 2.82. The lowest BCUT2D eigenvalue weighted by Gasteiger charge is -2.14. The molecule has 0 saturated carbocycles. The fourth-order valence-electron chi connectivity index (χ4n) is 1.27. The molecule has 0 amide bonds. The Kier molecular flexibility index (Phi) is 4.68. The molecule has 0 radical (unpaired) electrons. The Morgan fingerprint density at radius 2 is 2.29 bits per heavy atom. The second-order valence-electron chi connectivity index (χ2n) is 3.64. The van der Waals surface area contributed by atoms with Crippen LogP contribution in [0, 0.1) is 6.92 Å². The highest BCUT2D eigenvalue weighted by molar-refractivity contribution is 5.78. The maximum absolute atomic E-state index is 11.3. The highest BCUT2D eigenvalue weighted by atomic mass is 16.5. The van der Waals surface area contributed by atoms with Gasteiger partial charge in [-0.1, -0.05) is 0 Å². The summed E-state index contributed by atoms with van der Waals surface area (Å²) in [5.41, 5.74) is 0.877. The van der Waals surface area contributed by atoms with Crippen molar-refractivity contribution < 1.29 is 9.53 Å². The quantitative estimate of drug-likeness (QED) is 0.750. The van der Waals surface area contributed by atoms with E-state index in [0.29, 0.717) is 11.8 Å². The molecule has 0 fully saturated rings. The number of esters is 1. The highest BCUT2D eigenvalue weighted by Gasteiger charge is 2.14. The minimum absolute atomic E-state index is 0.326.